The second kappa shape index (κ2) is 8.02. The normalized spacial score (nSPS) is 28.0. The van der Waals surface area contributed by atoms with Crippen LogP contribution in [0.15, 0.2) is 0 Å². The zero-order chi connectivity index (χ0) is 14.4. The Morgan fingerprint density at radius 2 is 1.70 bits per heavy atom. The van der Waals surface area contributed by atoms with Crippen LogP contribution in [0.5, 0.6) is 0 Å². The van der Waals surface area contributed by atoms with Crippen molar-refractivity contribution < 1.29 is 4.79 Å². The van der Waals surface area contributed by atoms with Gasteiger partial charge in [0.25, 0.3) is 0 Å². The highest BCUT2D eigenvalue weighted by molar-refractivity contribution is 5.80. The lowest BCUT2D eigenvalue weighted by Crippen LogP contribution is -2.42. The van der Waals surface area contributed by atoms with Crippen LogP contribution < -0.4 is 5.32 Å². The molecule has 2 heterocycles. The lowest BCUT2D eigenvalue weighted by Gasteiger charge is -2.29. The van der Waals surface area contributed by atoms with Gasteiger partial charge in [-0.25, -0.2) is 0 Å². The zero-order valence-electron chi connectivity index (χ0n) is 13.4. The maximum Gasteiger partial charge on any atom is 0.227 e. The van der Waals surface area contributed by atoms with Crippen molar-refractivity contribution in [2.24, 2.45) is 5.92 Å². The van der Waals surface area contributed by atoms with Gasteiger partial charge in [0.1, 0.15) is 0 Å². The highest BCUT2D eigenvalue weighted by Crippen LogP contribution is 2.34. The average Bonchev–Trinajstić information content (AvgIpc) is 3.08. The molecule has 0 radical (unpaired) electrons. The van der Waals surface area contributed by atoms with Crippen LogP contribution in [0.1, 0.15) is 71.6 Å². The third kappa shape index (κ3) is 3.97. The third-order valence-electron chi connectivity index (χ3n) is 4.99. The summed E-state index contributed by atoms with van der Waals surface area (Å²) >= 11 is 0. The monoisotopic (exact) mass is 280 g/mol. The quantitative estimate of drug-likeness (QED) is 0.657. The van der Waals surface area contributed by atoms with Gasteiger partial charge in [0, 0.05) is 25.2 Å². The van der Waals surface area contributed by atoms with Crippen molar-refractivity contribution >= 4 is 5.91 Å². The van der Waals surface area contributed by atoms with E-state index in [-0.39, 0.29) is 5.92 Å². The molecule has 3 atom stereocenters. The molecule has 0 aliphatic carbocycles. The van der Waals surface area contributed by atoms with Gasteiger partial charge in [0.2, 0.25) is 5.91 Å². The van der Waals surface area contributed by atoms with Crippen molar-refractivity contribution in [2.45, 2.75) is 83.7 Å². The van der Waals surface area contributed by atoms with E-state index < -0.39 is 0 Å². The number of nitrogens with one attached hydrogen (secondary N) is 1. The minimum atomic E-state index is 0.275. The minimum Gasteiger partial charge on any atom is -0.342 e. The predicted molar refractivity (Wildman–Crippen MR) is 83.7 cm³/mol. The predicted octanol–water partition coefficient (Wildman–Crippen LogP) is 3.34. The molecule has 0 aromatic carbocycles. The Morgan fingerprint density at radius 1 is 1.05 bits per heavy atom. The summed E-state index contributed by atoms with van der Waals surface area (Å²) in [6, 6.07) is 1.11. The number of unbranched alkanes of at least 4 members (excludes halogenated alkanes) is 4. The molecule has 3 heteroatoms. The van der Waals surface area contributed by atoms with Crippen LogP contribution in [-0.2, 0) is 4.79 Å². The van der Waals surface area contributed by atoms with Gasteiger partial charge in [-0.3, -0.25) is 4.79 Å². The molecule has 1 amide bonds. The summed E-state index contributed by atoms with van der Waals surface area (Å²) in [5.74, 6) is 0.717. The van der Waals surface area contributed by atoms with E-state index in [1.165, 1.54) is 51.4 Å². The highest BCUT2D eigenvalue weighted by Gasteiger charge is 2.43. The fourth-order valence-corrected chi connectivity index (χ4v) is 3.77. The molecule has 1 N–H and O–H groups in total. The van der Waals surface area contributed by atoms with Gasteiger partial charge in [-0.1, -0.05) is 39.5 Å². The van der Waals surface area contributed by atoms with E-state index in [0.717, 1.165) is 19.5 Å². The molecule has 0 aromatic heterocycles. The summed E-state index contributed by atoms with van der Waals surface area (Å²) in [5.41, 5.74) is 0. The van der Waals surface area contributed by atoms with Gasteiger partial charge in [-0.2, -0.15) is 0 Å². The lowest BCUT2D eigenvalue weighted by atomic mass is 9.88. The Kier molecular flexibility index (Phi) is 6.34. The van der Waals surface area contributed by atoms with Gasteiger partial charge in [0.15, 0.2) is 0 Å². The molecular weight excluding hydrogens is 248 g/mol. The Balaban J connectivity index is 1.85. The van der Waals surface area contributed by atoms with E-state index in [0.29, 0.717) is 18.0 Å². The first kappa shape index (κ1) is 15.8. The molecule has 0 aromatic rings. The van der Waals surface area contributed by atoms with E-state index in [4.69, 9.17) is 0 Å². The van der Waals surface area contributed by atoms with Crippen molar-refractivity contribution in [1.82, 2.24) is 10.2 Å². The number of fused-ring (bicyclic) bond motifs is 2. The summed E-state index contributed by atoms with van der Waals surface area (Å²) in [4.78, 5) is 15.0. The van der Waals surface area contributed by atoms with Crippen LogP contribution in [0, 0.1) is 5.92 Å². The van der Waals surface area contributed by atoms with Crippen molar-refractivity contribution in [3.05, 3.63) is 0 Å². The van der Waals surface area contributed by atoms with Crippen LogP contribution in [-0.4, -0.2) is 36.0 Å². The Labute approximate surface area is 124 Å². The van der Waals surface area contributed by atoms with Gasteiger partial charge in [0.05, 0.1) is 5.92 Å². The smallest absolute Gasteiger partial charge is 0.227 e. The number of nitrogens with zero attached hydrogens (tertiary/aromatic N) is 1. The van der Waals surface area contributed by atoms with E-state index in [2.05, 4.69) is 24.1 Å². The Bertz CT molecular complexity index is 295. The number of carbonyl (C=O) groups is 1. The second-order valence-electron chi connectivity index (χ2n) is 6.63. The second-order valence-corrected chi connectivity index (χ2v) is 6.63. The van der Waals surface area contributed by atoms with E-state index in [1.807, 2.05) is 0 Å². The number of rotatable bonds is 9. The van der Waals surface area contributed by atoms with Gasteiger partial charge < -0.3 is 10.2 Å². The van der Waals surface area contributed by atoms with E-state index in [9.17, 15) is 4.79 Å². The van der Waals surface area contributed by atoms with Gasteiger partial charge in [-0.05, 0) is 32.1 Å². The lowest BCUT2D eigenvalue weighted by molar-refractivity contribution is -0.136. The topological polar surface area (TPSA) is 32.3 Å². The zero-order valence-corrected chi connectivity index (χ0v) is 13.4. The van der Waals surface area contributed by atoms with Crippen LogP contribution in [0.3, 0.4) is 0 Å². The van der Waals surface area contributed by atoms with Crippen molar-refractivity contribution in [2.75, 3.05) is 13.1 Å². The molecule has 2 fully saturated rings. The number of hydrogen-bond acceptors (Lipinski definition) is 2. The van der Waals surface area contributed by atoms with Crippen molar-refractivity contribution in [3.8, 4) is 0 Å². The average molecular weight is 280 g/mol. The summed E-state index contributed by atoms with van der Waals surface area (Å²) in [6.07, 6.45) is 10.9. The molecule has 0 spiro atoms. The molecule has 3 nitrogen and oxygen atoms in total. The maximum absolute atomic E-state index is 12.8. The largest absolute Gasteiger partial charge is 0.342 e. The fourth-order valence-electron chi connectivity index (χ4n) is 3.77. The first-order valence-corrected chi connectivity index (χ1v) is 8.81. The molecule has 3 unspecified atom stereocenters. The highest BCUT2D eigenvalue weighted by atomic mass is 16.2. The van der Waals surface area contributed by atoms with Gasteiger partial charge in [-0.15, -0.1) is 0 Å². The van der Waals surface area contributed by atoms with Crippen LogP contribution in [0.2, 0.25) is 0 Å². The number of amides is 1. The third-order valence-corrected chi connectivity index (χ3v) is 4.99. The number of hydrogen-bond donors (Lipinski definition) is 1. The van der Waals surface area contributed by atoms with Crippen LogP contribution in [0.25, 0.3) is 0 Å². The van der Waals surface area contributed by atoms with E-state index >= 15 is 0 Å². The summed E-state index contributed by atoms with van der Waals surface area (Å²) in [6.45, 7) is 6.40. The molecule has 20 heavy (non-hydrogen) atoms. The van der Waals surface area contributed by atoms with Crippen LogP contribution >= 0.6 is 0 Å². The maximum atomic E-state index is 12.8. The first-order valence-electron chi connectivity index (χ1n) is 8.81. The molecule has 2 aliphatic heterocycles. The molecule has 2 rings (SSSR count). The van der Waals surface area contributed by atoms with Crippen molar-refractivity contribution in [3.63, 3.8) is 0 Å². The first-order chi connectivity index (χ1) is 9.76. The standard InChI is InChI=1S/C17H32N2O/c1-3-5-7-11-19(12-8-6-4-2)17(20)15-13-14-9-10-16(15)18-14/h14-16,18H,3-13H2,1-2H3. The van der Waals surface area contributed by atoms with Crippen LogP contribution in [0.4, 0.5) is 0 Å². The molecule has 2 saturated heterocycles. The summed E-state index contributed by atoms with van der Waals surface area (Å²) in [5, 5.41) is 3.60. The molecule has 116 valence electrons. The molecule has 2 bridgehead atoms. The Hall–Kier alpha value is -0.570. The van der Waals surface area contributed by atoms with Crippen molar-refractivity contribution in [1.29, 1.82) is 0 Å². The Morgan fingerprint density at radius 3 is 2.15 bits per heavy atom. The van der Waals surface area contributed by atoms with E-state index in [1.54, 1.807) is 0 Å². The summed E-state index contributed by atoms with van der Waals surface area (Å²) in [7, 11) is 0. The molecular formula is C17H32N2O. The fraction of sp³-hybridized carbons (Fsp3) is 0.941. The number of carbonyl (C=O) groups excluding carboxylic acids is 1. The SMILES string of the molecule is CCCCCN(CCCCC)C(=O)C1CC2CCC1N2. The van der Waals surface area contributed by atoms with Gasteiger partial charge >= 0.3 is 0 Å². The molecule has 0 saturated carbocycles. The molecule has 2 aliphatic rings. The minimum absolute atomic E-state index is 0.275. The summed E-state index contributed by atoms with van der Waals surface area (Å²) < 4.78 is 0.